The molecule has 100 valence electrons. The molecular weight excluding hydrogens is 228 g/mol. The Kier molecular flexibility index (Phi) is 5.65. The summed E-state index contributed by atoms with van der Waals surface area (Å²) in [5, 5.41) is 12.1. The maximum atomic E-state index is 11.8. The maximum Gasteiger partial charge on any atom is 0.251 e. The topological polar surface area (TPSA) is 75.3 Å². The van der Waals surface area contributed by atoms with E-state index in [1.807, 2.05) is 0 Å². The van der Waals surface area contributed by atoms with Crippen molar-refractivity contribution in [1.82, 2.24) is 5.32 Å². The smallest absolute Gasteiger partial charge is 0.251 e. The fourth-order valence-corrected chi connectivity index (χ4v) is 2.02. The highest BCUT2D eigenvalue weighted by Gasteiger charge is 2.15. The number of carbonyl (C=O) groups is 1. The van der Waals surface area contributed by atoms with Gasteiger partial charge in [0.15, 0.2) is 0 Å². The Labute approximate surface area is 108 Å². The second-order valence-electron chi connectivity index (χ2n) is 4.50. The lowest BCUT2D eigenvalue weighted by Crippen LogP contribution is -2.41. The van der Waals surface area contributed by atoms with Crippen LogP contribution >= 0.6 is 0 Å². The summed E-state index contributed by atoms with van der Waals surface area (Å²) >= 11 is 0. The van der Waals surface area contributed by atoms with E-state index in [4.69, 9.17) is 5.73 Å². The van der Waals surface area contributed by atoms with Gasteiger partial charge in [-0.25, -0.2) is 0 Å². The van der Waals surface area contributed by atoms with Crippen molar-refractivity contribution >= 4 is 5.91 Å². The second kappa shape index (κ2) is 7.01. The second-order valence-corrected chi connectivity index (χ2v) is 4.50. The lowest BCUT2D eigenvalue weighted by Gasteiger charge is -2.21. The average Bonchev–Trinajstić information content (AvgIpc) is 2.37. The Morgan fingerprint density at radius 2 is 2.06 bits per heavy atom. The molecule has 0 radical (unpaired) electrons. The molecule has 4 N–H and O–H groups in total. The summed E-state index contributed by atoms with van der Waals surface area (Å²) in [6.45, 7) is 4.66. The summed E-state index contributed by atoms with van der Waals surface area (Å²) in [5.74, 6) is 0.314. The van der Waals surface area contributed by atoms with Crippen LogP contribution in [0.15, 0.2) is 24.3 Å². The van der Waals surface area contributed by atoms with E-state index in [2.05, 4.69) is 19.2 Å². The van der Waals surface area contributed by atoms with Crippen LogP contribution in [0.1, 0.15) is 37.0 Å². The van der Waals surface area contributed by atoms with Crippen molar-refractivity contribution in [3.8, 4) is 5.75 Å². The van der Waals surface area contributed by atoms with Gasteiger partial charge in [-0.2, -0.15) is 0 Å². The molecule has 0 bridgehead atoms. The van der Waals surface area contributed by atoms with E-state index in [0.717, 1.165) is 12.8 Å². The van der Waals surface area contributed by atoms with E-state index >= 15 is 0 Å². The monoisotopic (exact) mass is 250 g/mol. The van der Waals surface area contributed by atoms with Crippen LogP contribution in [0.3, 0.4) is 0 Å². The Bertz CT molecular complexity index is 389. The minimum absolute atomic E-state index is 0.0266. The lowest BCUT2D eigenvalue weighted by molar-refractivity contribution is 0.0947. The summed E-state index contributed by atoms with van der Waals surface area (Å²) in [5.41, 5.74) is 6.48. The van der Waals surface area contributed by atoms with Gasteiger partial charge in [-0.3, -0.25) is 4.79 Å². The van der Waals surface area contributed by atoms with Gasteiger partial charge in [-0.05, 0) is 24.1 Å². The van der Waals surface area contributed by atoms with Crippen molar-refractivity contribution in [2.45, 2.75) is 32.7 Å². The van der Waals surface area contributed by atoms with Crippen LogP contribution in [0, 0.1) is 5.92 Å². The molecule has 0 aromatic heterocycles. The van der Waals surface area contributed by atoms with Gasteiger partial charge in [-0.1, -0.05) is 32.8 Å². The van der Waals surface area contributed by atoms with E-state index in [-0.39, 0.29) is 17.7 Å². The number of rotatable bonds is 6. The summed E-state index contributed by atoms with van der Waals surface area (Å²) in [6, 6.07) is 6.26. The molecule has 0 saturated heterocycles. The van der Waals surface area contributed by atoms with Crippen LogP contribution < -0.4 is 11.1 Å². The number of aromatic hydroxyl groups is 1. The number of phenols is 1. The molecule has 0 saturated carbocycles. The number of nitrogens with one attached hydrogen (secondary N) is 1. The van der Waals surface area contributed by atoms with Gasteiger partial charge in [0.05, 0.1) is 0 Å². The molecule has 1 amide bonds. The van der Waals surface area contributed by atoms with Crippen LogP contribution in [0.25, 0.3) is 0 Å². The average molecular weight is 250 g/mol. The first-order chi connectivity index (χ1) is 8.58. The molecule has 1 atom stereocenters. The van der Waals surface area contributed by atoms with Crippen LogP contribution in [-0.2, 0) is 0 Å². The van der Waals surface area contributed by atoms with E-state index in [1.165, 1.54) is 12.1 Å². The normalized spacial score (nSPS) is 12.4. The summed E-state index contributed by atoms with van der Waals surface area (Å²) in [6.07, 6.45) is 2.03. The molecule has 0 fully saturated rings. The van der Waals surface area contributed by atoms with Crippen LogP contribution in [-0.4, -0.2) is 23.6 Å². The zero-order valence-corrected chi connectivity index (χ0v) is 11.0. The Morgan fingerprint density at radius 1 is 1.39 bits per heavy atom. The minimum Gasteiger partial charge on any atom is -0.508 e. The highest BCUT2D eigenvalue weighted by molar-refractivity contribution is 5.94. The van der Waals surface area contributed by atoms with Crippen molar-refractivity contribution < 1.29 is 9.90 Å². The molecular formula is C14H22N2O2. The summed E-state index contributed by atoms with van der Waals surface area (Å²) < 4.78 is 0. The van der Waals surface area contributed by atoms with Gasteiger partial charge >= 0.3 is 0 Å². The third-order valence-electron chi connectivity index (χ3n) is 3.26. The number of benzene rings is 1. The molecule has 0 aliphatic carbocycles. The number of hydrogen-bond acceptors (Lipinski definition) is 3. The fourth-order valence-electron chi connectivity index (χ4n) is 2.02. The van der Waals surface area contributed by atoms with Crippen molar-refractivity contribution in [3.05, 3.63) is 29.8 Å². The molecule has 0 heterocycles. The molecule has 1 aromatic rings. The highest BCUT2D eigenvalue weighted by atomic mass is 16.3. The Morgan fingerprint density at radius 3 is 2.61 bits per heavy atom. The lowest BCUT2D eigenvalue weighted by atomic mass is 9.95. The zero-order chi connectivity index (χ0) is 13.5. The predicted octanol–water partition coefficient (Wildman–Crippen LogP) is 1.89. The molecule has 1 rings (SSSR count). The molecule has 18 heavy (non-hydrogen) atoms. The van der Waals surface area contributed by atoms with E-state index in [1.54, 1.807) is 12.1 Å². The van der Waals surface area contributed by atoms with Crippen LogP contribution in [0.4, 0.5) is 0 Å². The summed E-state index contributed by atoms with van der Waals surface area (Å²) in [7, 11) is 0. The Balaban J connectivity index is 2.51. The van der Waals surface area contributed by atoms with E-state index in [0.29, 0.717) is 18.0 Å². The largest absolute Gasteiger partial charge is 0.508 e. The fraction of sp³-hybridized carbons (Fsp3) is 0.500. The van der Waals surface area contributed by atoms with Gasteiger partial charge in [0.25, 0.3) is 5.91 Å². The maximum absolute atomic E-state index is 11.8. The van der Waals surface area contributed by atoms with Gasteiger partial charge in [-0.15, -0.1) is 0 Å². The summed E-state index contributed by atoms with van der Waals surface area (Å²) in [4.78, 5) is 11.8. The number of nitrogens with two attached hydrogens (primary N) is 1. The highest BCUT2D eigenvalue weighted by Crippen LogP contribution is 2.12. The van der Waals surface area contributed by atoms with Gasteiger partial charge in [0.2, 0.25) is 0 Å². The minimum atomic E-state index is -0.202. The number of amides is 1. The predicted molar refractivity (Wildman–Crippen MR) is 72.5 cm³/mol. The number of hydrogen-bond donors (Lipinski definition) is 3. The molecule has 0 aliphatic rings. The third kappa shape index (κ3) is 4.04. The first-order valence-electron chi connectivity index (χ1n) is 6.41. The van der Waals surface area contributed by atoms with Crippen molar-refractivity contribution in [2.24, 2.45) is 11.7 Å². The van der Waals surface area contributed by atoms with Gasteiger partial charge < -0.3 is 16.2 Å². The van der Waals surface area contributed by atoms with Gasteiger partial charge in [0, 0.05) is 18.2 Å². The van der Waals surface area contributed by atoms with Crippen molar-refractivity contribution in [1.29, 1.82) is 0 Å². The van der Waals surface area contributed by atoms with Crippen LogP contribution in [0.2, 0.25) is 0 Å². The number of carbonyl (C=O) groups excluding carboxylic acids is 1. The molecule has 1 unspecified atom stereocenters. The number of phenolic OH excluding ortho intramolecular Hbond substituents is 1. The van der Waals surface area contributed by atoms with Crippen molar-refractivity contribution in [3.63, 3.8) is 0 Å². The molecule has 4 nitrogen and oxygen atoms in total. The molecule has 0 aliphatic heterocycles. The third-order valence-corrected chi connectivity index (χ3v) is 3.26. The van der Waals surface area contributed by atoms with Crippen LogP contribution in [0.5, 0.6) is 5.75 Å². The zero-order valence-electron chi connectivity index (χ0n) is 11.0. The molecule has 0 spiro atoms. The first kappa shape index (κ1) is 14.5. The first-order valence-corrected chi connectivity index (χ1v) is 6.41. The quantitative estimate of drug-likeness (QED) is 0.721. The van der Waals surface area contributed by atoms with Crippen molar-refractivity contribution in [2.75, 3.05) is 6.54 Å². The Hall–Kier alpha value is -1.55. The van der Waals surface area contributed by atoms with E-state index < -0.39 is 0 Å². The van der Waals surface area contributed by atoms with Gasteiger partial charge in [0.1, 0.15) is 5.75 Å². The standard InChI is InChI=1S/C14H22N2O2/c1-3-10(4-2)13(15)9-16-14(18)11-6-5-7-12(17)8-11/h5-8,10,13,17H,3-4,9,15H2,1-2H3,(H,16,18). The SMILES string of the molecule is CCC(CC)C(N)CNC(=O)c1cccc(O)c1. The van der Waals surface area contributed by atoms with E-state index in [9.17, 15) is 9.90 Å². The molecule has 1 aromatic carbocycles. The molecule has 4 heteroatoms.